The summed E-state index contributed by atoms with van der Waals surface area (Å²) in [5.74, 6) is -0.533. The van der Waals surface area contributed by atoms with E-state index in [2.05, 4.69) is 14.9 Å². The molecular formula is C13H13F2N3O2. The summed E-state index contributed by atoms with van der Waals surface area (Å²) in [6.45, 7) is -2.65. The highest BCUT2D eigenvalue weighted by atomic mass is 19.3. The Labute approximate surface area is 114 Å². The third kappa shape index (κ3) is 3.31. The number of carbonyl (C=O) groups is 1. The van der Waals surface area contributed by atoms with Crippen LogP contribution in [0.5, 0.6) is 5.75 Å². The lowest BCUT2D eigenvalue weighted by Crippen LogP contribution is -2.26. The van der Waals surface area contributed by atoms with Crippen molar-refractivity contribution in [3.63, 3.8) is 0 Å². The fraction of sp³-hybridized carbons (Fsp3) is 0.231. The van der Waals surface area contributed by atoms with Crippen molar-refractivity contribution in [3.05, 3.63) is 47.8 Å². The Kier molecular flexibility index (Phi) is 4.29. The van der Waals surface area contributed by atoms with Crippen LogP contribution in [0.2, 0.25) is 0 Å². The molecule has 0 aliphatic heterocycles. The van der Waals surface area contributed by atoms with Crippen LogP contribution in [0, 0.1) is 0 Å². The number of aromatic amines is 1. The summed E-state index contributed by atoms with van der Waals surface area (Å²) >= 11 is 0. The summed E-state index contributed by atoms with van der Waals surface area (Å²) in [7, 11) is 1.58. The Hall–Kier alpha value is -2.44. The van der Waals surface area contributed by atoms with Crippen LogP contribution >= 0.6 is 0 Å². The van der Waals surface area contributed by atoms with Crippen molar-refractivity contribution >= 4 is 5.91 Å². The number of aromatic nitrogens is 2. The molecule has 1 amide bonds. The van der Waals surface area contributed by atoms with Crippen molar-refractivity contribution in [1.29, 1.82) is 0 Å². The quantitative estimate of drug-likeness (QED) is 0.914. The average molecular weight is 281 g/mol. The summed E-state index contributed by atoms with van der Waals surface area (Å²) in [5.41, 5.74) is 0.909. The lowest BCUT2D eigenvalue weighted by atomic mass is 10.1. The maximum atomic E-state index is 12.3. The molecular weight excluding hydrogens is 268 g/mol. The van der Waals surface area contributed by atoms with Gasteiger partial charge in [-0.15, -0.1) is 0 Å². The molecule has 20 heavy (non-hydrogen) atoms. The molecule has 5 nitrogen and oxygen atoms in total. The van der Waals surface area contributed by atoms with Crippen LogP contribution in [0.25, 0.3) is 0 Å². The number of nitrogens with one attached hydrogen (secondary N) is 1. The maximum absolute atomic E-state index is 12.3. The summed E-state index contributed by atoms with van der Waals surface area (Å²) in [6.07, 6.45) is 3.25. The first-order valence-electron chi connectivity index (χ1n) is 5.85. The number of hydrogen-bond acceptors (Lipinski definition) is 3. The molecule has 7 heteroatoms. The minimum Gasteiger partial charge on any atom is -0.434 e. The SMILES string of the molecule is CN(Cc1cn[nH]c1)C(=O)c1ccccc1OC(F)F. The van der Waals surface area contributed by atoms with E-state index in [0.29, 0.717) is 6.54 Å². The maximum Gasteiger partial charge on any atom is 0.387 e. The molecule has 2 aromatic rings. The predicted octanol–water partition coefficient (Wildman–Crippen LogP) is 2.28. The number of ether oxygens (including phenoxy) is 1. The number of nitrogens with zero attached hydrogens (tertiary/aromatic N) is 2. The Balaban J connectivity index is 2.15. The highest BCUT2D eigenvalue weighted by molar-refractivity contribution is 5.96. The second kappa shape index (κ2) is 6.14. The van der Waals surface area contributed by atoms with Gasteiger partial charge in [-0.1, -0.05) is 12.1 Å². The van der Waals surface area contributed by atoms with Gasteiger partial charge < -0.3 is 9.64 Å². The first-order chi connectivity index (χ1) is 9.58. The average Bonchev–Trinajstić information content (AvgIpc) is 2.90. The third-order valence-electron chi connectivity index (χ3n) is 2.65. The second-order valence-electron chi connectivity index (χ2n) is 4.14. The monoisotopic (exact) mass is 281 g/mol. The Bertz CT molecular complexity index is 573. The summed E-state index contributed by atoms with van der Waals surface area (Å²) in [4.78, 5) is 13.6. The van der Waals surface area contributed by atoms with Crippen molar-refractivity contribution < 1.29 is 18.3 Å². The first-order valence-corrected chi connectivity index (χ1v) is 5.85. The lowest BCUT2D eigenvalue weighted by molar-refractivity contribution is -0.0502. The van der Waals surface area contributed by atoms with Gasteiger partial charge in [-0.05, 0) is 12.1 Å². The molecule has 0 saturated carbocycles. The van der Waals surface area contributed by atoms with Crippen LogP contribution < -0.4 is 4.74 Å². The molecule has 0 aliphatic rings. The van der Waals surface area contributed by atoms with E-state index in [0.717, 1.165) is 5.56 Å². The molecule has 1 aromatic carbocycles. The fourth-order valence-electron chi connectivity index (χ4n) is 1.76. The molecule has 0 aliphatic carbocycles. The summed E-state index contributed by atoms with van der Waals surface area (Å²) < 4.78 is 29.0. The van der Waals surface area contributed by atoms with Crippen LogP contribution in [0.3, 0.4) is 0 Å². The van der Waals surface area contributed by atoms with Gasteiger partial charge in [0.25, 0.3) is 5.91 Å². The van der Waals surface area contributed by atoms with E-state index in [1.807, 2.05) is 0 Å². The summed E-state index contributed by atoms with van der Waals surface area (Å²) in [5, 5.41) is 6.42. The molecule has 0 fully saturated rings. The molecule has 1 N–H and O–H groups in total. The fourth-order valence-corrected chi connectivity index (χ4v) is 1.76. The molecule has 0 saturated heterocycles. The molecule has 1 aromatic heterocycles. The Morgan fingerprint density at radius 1 is 1.45 bits per heavy atom. The number of benzene rings is 1. The number of rotatable bonds is 5. The van der Waals surface area contributed by atoms with Gasteiger partial charge in [0.15, 0.2) is 0 Å². The zero-order chi connectivity index (χ0) is 14.5. The van der Waals surface area contributed by atoms with E-state index in [1.54, 1.807) is 25.5 Å². The van der Waals surface area contributed by atoms with E-state index in [4.69, 9.17) is 0 Å². The largest absolute Gasteiger partial charge is 0.434 e. The Morgan fingerprint density at radius 2 is 2.20 bits per heavy atom. The molecule has 0 spiro atoms. The number of amides is 1. The van der Waals surface area contributed by atoms with Crippen LogP contribution in [0.4, 0.5) is 8.78 Å². The summed E-state index contributed by atoms with van der Waals surface area (Å²) in [6, 6.07) is 5.92. The molecule has 0 bridgehead atoms. The van der Waals surface area contributed by atoms with Crippen molar-refractivity contribution in [1.82, 2.24) is 15.1 Å². The van der Waals surface area contributed by atoms with Crippen LogP contribution in [0.1, 0.15) is 15.9 Å². The molecule has 0 atom stereocenters. The van der Waals surface area contributed by atoms with Gasteiger partial charge in [0.05, 0.1) is 11.8 Å². The molecule has 0 radical (unpaired) electrons. The third-order valence-corrected chi connectivity index (χ3v) is 2.65. The molecule has 1 heterocycles. The number of hydrogen-bond donors (Lipinski definition) is 1. The zero-order valence-corrected chi connectivity index (χ0v) is 10.7. The van der Waals surface area contributed by atoms with Gasteiger partial charge in [-0.2, -0.15) is 13.9 Å². The van der Waals surface area contributed by atoms with Crippen molar-refractivity contribution in [2.24, 2.45) is 0 Å². The van der Waals surface area contributed by atoms with Crippen molar-refractivity contribution in [2.75, 3.05) is 7.05 Å². The molecule has 106 valence electrons. The highest BCUT2D eigenvalue weighted by Crippen LogP contribution is 2.22. The van der Waals surface area contributed by atoms with Crippen LogP contribution in [-0.4, -0.2) is 34.7 Å². The number of halogens is 2. The van der Waals surface area contributed by atoms with E-state index < -0.39 is 12.5 Å². The number of carbonyl (C=O) groups excluding carboxylic acids is 1. The standard InChI is InChI=1S/C13H13F2N3O2/c1-18(8-9-6-16-17-7-9)12(19)10-4-2-3-5-11(10)20-13(14)15/h2-7,13H,8H2,1H3,(H,16,17). The van der Waals surface area contributed by atoms with E-state index >= 15 is 0 Å². The van der Waals surface area contributed by atoms with E-state index in [1.165, 1.54) is 23.1 Å². The van der Waals surface area contributed by atoms with Crippen molar-refractivity contribution in [2.45, 2.75) is 13.2 Å². The zero-order valence-electron chi connectivity index (χ0n) is 10.7. The van der Waals surface area contributed by atoms with Crippen molar-refractivity contribution in [3.8, 4) is 5.75 Å². The van der Waals surface area contributed by atoms with Crippen LogP contribution in [0.15, 0.2) is 36.7 Å². The van der Waals surface area contributed by atoms with Gasteiger partial charge in [0, 0.05) is 25.4 Å². The molecule has 0 unspecified atom stereocenters. The highest BCUT2D eigenvalue weighted by Gasteiger charge is 2.18. The van der Waals surface area contributed by atoms with E-state index in [-0.39, 0.29) is 11.3 Å². The number of H-pyrrole nitrogens is 1. The smallest absolute Gasteiger partial charge is 0.387 e. The second-order valence-corrected chi connectivity index (χ2v) is 4.14. The predicted molar refractivity (Wildman–Crippen MR) is 67.5 cm³/mol. The van der Waals surface area contributed by atoms with Gasteiger partial charge in [0.1, 0.15) is 5.75 Å². The number of para-hydroxylation sites is 1. The lowest BCUT2D eigenvalue weighted by Gasteiger charge is -2.18. The van der Waals surface area contributed by atoms with Crippen LogP contribution in [-0.2, 0) is 6.54 Å². The Morgan fingerprint density at radius 3 is 2.85 bits per heavy atom. The topological polar surface area (TPSA) is 58.2 Å². The minimum absolute atomic E-state index is 0.0961. The van der Waals surface area contributed by atoms with Gasteiger partial charge in [0.2, 0.25) is 0 Å². The number of alkyl halides is 2. The van der Waals surface area contributed by atoms with Gasteiger partial charge >= 0.3 is 6.61 Å². The normalized spacial score (nSPS) is 10.6. The molecule has 2 rings (SSSR count). The van der Waals surface area contributed by atoms with Gasteiger partial charge in [-0.3, -0.25) is 9.89 Å². The minimum atomic E-state index is -2.97. The first kappa shape index (κ1) is 14.0. The van der Waals surface area contributed by atoms with E-state index in [9.17, 15) is 13.6 Å². The van der Waals surface area contributed by atoms with Gasteiger partial charge in [-0.25, -0.2) is 0 Å².